The van der Waals surface area contributed by atoms with Crippen molar-refractivity contribution in [1.29, 1.82) is 0 Å². The Morgan fingerprint density at radius 2 is 1.95 bits per heavy atom. The molecule has 0 radical (unpaired) electrons. The molecule has 3 aliphatic rings. The molecule has 1 aromatic heterocycles. The summed E-state index contributed by atoms with van der Waals surface area (Å²) in [4.78, 5) is 30.2. The zero-order valence-electron chi connectivity index (χ0n) is 13.2. The number of ether oxygens (including phenoxy) is 1. The molecule has 7 nitrogen and oxygen atoms in total. The molecule has 1 aliphatic carbocycles. The normalized spacial score (nSPS) is 36.7. The van der Waals surface area contributed by atoms with Crippen LogP contribution in [-0.2, 0) is 4.74 Å². The summed E-state index contributed by atoms with van der Waals surface area (Å²) in [5.74, 6) is -0.00597. The maximum absolute atomic E-state index is 12.6. The third-order valence-corrected chi connectivity index (χ3v) is 5.73. The lowest BCUT2D eigenvalue weighted by Gasteiger charge is -2.40. The van der Waals surface area contributed by atoms with Gasteiger partial charge in [0.2, 0.25) is 0 Å². The van der Waals surface area contributed by atoms with Gasteiger partial charge in [-0.25, -0.2) is 4.79 Å². The number of carbonyl (C=O) groups is 2. The van der Waals surface area contributed by atoms with Gasteiger partial charge in [-0.3, -0.25) is 9.69 Å². The summed E-state index contributed by atoms with van der Waals surface area (Å²) >= 11 is 0. The zero-order valence-corrected chi connectivity index (χ0v) is 13.2. The van der Waals surface area contributed by atoms with Crippen LogP contribution in [0.5, 0.6) is 0 Å². The lowest BCUT2D eigenvalue weighted by Crippen LogP contribution is -2.57. The third-order valence-electron chi connectivity index (χ3n) is 5.73. The molecule has 3 amide bonds. The minimum atomic E-state index is -0.693. The van der Waals surface area contributed by atoms with E-state index in [9.17, 15) is 9.59 Å². The van der Waals surface area contributed by atoms with Crippen molar-refractivity contribution in [2.45, 2.75) is 30.3 Å². The second kappa shape index (κ2) is 4.04. The van der Waals surface area contributed by atoms with Crippen molar-refractivity contribution < 1.29 is 14.3 Å². The fourth-order valence-electron chi connectivity index (χ4n) is 4.66. The van der Waals surface area contributed by atoms with E-state index in [2.05, 4.69) is 0 Å². The van der Waals surface area contributed by atoms with Crippen molar-refractivity contribution in [3.63, 3.8) is 0 Å². The minimum absolute atomic E-state index is 0.00597. The fraction of sp³-hybridized carbons (Fsp3) is 0.600. The van der Waals surface area contributed by atoms with Gasteiger partial charge in [0.15, 0.2) is 5.72 Å². The molecule has 1 aromatic rings. The average Bonchev–Trinajstić information content (AvgIpc) is 3.16. The number of fused-ring (bicyclic) bond motifs is 5. The van der Waals surface area contributed by atoms with Crippen LogP contribution in [0.4, 0.5) is 4.79 Å². The topological polar surface area (TPSA) is 58.0 Å². The van der Waals surface area contributed by atoms with Gasteiger partial charge in [-0.15, -0.1) is 0 Å². The van der Waals surface area contributed by atoms with Crippen LogP contribution in [0, 0.1) is 0 Å². The molecule has 0 N–H and O–H groups in total. The Morgan fingerprint density at radius 3 is 2.64 bits per heavy atom. The molecular weight excluding hydrogens is 284 g/mol. The standard InChI is InChI=1S/C15H20N4O3/c1-16-11-10(19-7-5-6-9(19)13(16)20)8-15(22-4)12(11)17(2)14(21)18(15)3/h5-7,10-12H,8H2,1-4H3/t10-,11-,12+,15+/m1/s1. The summed E-state index contributed by atoms with van der Waals surface area (Å²) < 4.78 is 7.89. The Hall–Kier alpha value is -2.02. The molecule has 0 unspecified atom stereocenters. The number of hydrogen-bond donors (Lipinski definition) is 0. The van der Waals surface area contributed by atoms with Gasteiger partial charge in [0.1, 0.15) is 11.7 Å². The average molecular weight is 304 g/mol. The Bertz CT molecular complexity index is 671. The van der Waals surface area contributed by atoms with Gasteiger partial charge >= 0.3 is 6.03 Å². The summed E-state index contributed by atoms with van der Waals surface area (Å²) in [5.41, 5.74) is 0.00769. The molecule has 3 heterocycles. The third kappa shape index (κ3) is 1.27. The number of rotatable bonds is 1. The number of amides is 3. The van der Waals surface area contributed by atoms with Crippen LogP contribution >= 0.6 is 0 Å². The molecule has 2 aliphatic heterocycles. The summed E-state index contributed by atoms with van der Waals surface area (Å²) in [6.45, 7) is 0. The maximum Gasteiger partial charge on any atom is 0.322 e. The maximum atomic E-state index is 12.6. The van der Waals surface area contributed by atoms with E-state index in [-0.39, 0.29) is 30.1 Å². The van der Waals surface area contributed by atoms with Crippen LogP contribution in [0.1, 0.15) is 23.0 Å². The number of aromatic nitrogens is 1. The van der Waals surface area contributed by atoms with Gasteiger partial charge in [-0.05, 0) is 12.1 Å². The van der Waals surface area contributed by atoms with Crippen LogP contribution in [-0.4, -0.2) is 77.3 Å². The molecule has 4 atom stereocenters. The van der Waals surface area contributed by atoms with E-state index < -0.39 is 5.72 Å². The quantitative estimate of drug-likeness (QED) is 0.763. The SMILES string of the molecule is CO[C@@]12C[C@@H]3[C@H]([C@@H]1N(C)C(=O)N2C)N(C)C(=O)c1cccn13. The fourth-order valence-corrected chi connectivity index (χ4v) is 4.66. The summed E-state index contributed by atoms with van der Waals surface area (Å²) in [7, 11) is 7.03. The Labute approximate surface area is 129 Å². The highest BCUT2D eigenvalue weighted by Gasteiger charge is 2.67. The number of methoxy groups -OCH3 is 1. The van der Waals surface area contributed by atoms with E-state index in [1.807, 2.05) is 29.9 Å². The first-order valence-electron chi connectivity index (χ1n) is 7.44. The lowest BCUT2D eigenvalue weighted by molar-refractivity contribution is -0.0993. The van der Waals surface area contributed by atoms with Crippen molar-refractivity contribution in [3.05, 3.63) is 24.0 Å². The highest BCUT2D eigenvalue weighted by Crippen LogP contribution is 2.51. The first-order valence-corrected chi connectivity index (χ1v) is 7.44. The number of urea groups is 1. The summed E-state index contributed by atoms with van der Waals surface area (Å²) in [5, 5.41) is 0. The minimum Gasteiger partial charge on any atom is -0.356 e. The summed E-state index contributed by atoms with van der Waals surface area (Å²) in [6.07, 6.45) is 2.62. The van der Waals surface area contributed by atoms with Crippen molar-refractivity contribution >= 4 is 11.9 Å². The molecule has 2 fully saturated rings. The van der Waals surface area contributed by atoms with Crippen molar-refractivity contribution in [2.75, 3.05) is 28.3 Å². The second-order valence-corrected chi connectivity index (χ2v) is 6.43. The molecule has 1 saturated heterocycles. The zero-order chi connectivity index (χ0) is 15.8. The first kappa shape index (κ1) is 13.6. The first-order chi connectivity index (χ1) is 10.4. The number of hydrogen-bond acceptors (Lipinski definition) is 3. The van der Waals surface area contributed by atoms with Gasteiger partial charge in [-0.2, -0.15) is 0 Å². The van der Waals surface area contributed by atoms with E-state index in [4.69, 9.17) is 4.74 Å². The largest absolute Gasteiger partial charge is 0.356 e. The number of likely N-dealkylation sites (N-methyl/N-ethyl adjacent to an activating group) is 3. The van der Waals surface area contributed by atoms with Gasteiger partial charge in [0.25, 0.3) is 5.91 Å². The number of carbonyl (C=O) groups excluding carboxylic acids is 2. The van der Waals surface area contributed by atoms with E-state index >= 15 is 0 Å². The number of nitrogens with zero attached hydrogens (tertiary/aromatic N) is 4. The van der Waals surface area contributed by atoms with Crippen molar-refractivity contribution in [1.82, 2.24) is 19.3 Å². The Kier molecular flexibility index (Phi) is 2.50. The van der Waals surface area contributed by atoms with Gasteiger partial charge in [0.05, 0.1) is 12.1 Å². The molecule has 0 spiro atoms. The molecule has 0 bridgehead atoms. The lowest BCUT2D eigenvalue weighted by atomic mass is 10.0. The van der Waals surface area contributed by atoms with Crippen LogP contribution in [0.2, 0.25) is 0 Å². The van der Waals surface area contributed by atoms with Gasteiger partial charge in [0, 0.05) is 40.9 Å². The second-order valence-electron chi connectivity index (χ2n) is 6.43. The van der Waals surface area contributed by atoms with Gasteiger partial charge < -0.3 is 19.1 Å². The van der Waals surface area contributed by atoms with E-state index in [0.29, 0.717) is 12.1 Å². The molecule has 7 heteroatoms. The molecular formula is C15H20N4O3. The Balaban J connectivity index is 1.89. The van der Waals surface area contributed by atoms with Gasteiger partial charge in [-0.1, -0.05) is 0 Å². The smallest absolute Gasteiger partial charge is 0.322 e. The van der Waals surface area contributed by atoms with E-state index in [0.717, 1.165) is 0 Å². The van der Waals surface area contributed by atoms with E-state index in [1.54, 1.807) is 35.9 Å². The van der Waals surface area contributed by atoms with E-state index in [1.165, 1.54) is 0 Å². The van der Waals surface area contributed by atoms with Crippen LogP contribution in [0.25, 0.3) is 0 Å². The molecule has 1 saturated carbocycles. The predicted octanol–water partition coefficient (Wildman–Crippen LogP) is 0.596. The molecule has 0 aromatic carbocycles. The Morgan fingerprint density at radius 1 is 1.23 bits per heavy atom. The van der Waals surface area contributed by atoms with Crippen LogP contribution < -0.4 is 0 Å². The van der Waals surface area contributed by atoms with Crippen LogP contribution in [0.3, 0.4) is 0 Å². The molecule has 118 valence electrons. The van der Waals surface area contributed by atoms with Crippen molar-refractivity contribution in [2.24, 2.45) is 0 Å². The monoisotopic (exact) mass is 304 g/mol. The summed E-state index contributed by atoms with van der Waals surface area (Å²) in [6, 6.07) is 3.52. The van der Waals surface area contributed by atoms with Crippen LogP contribution in [0.15, 0.2) is 18.3 Å². The molecule has 22 heavy (non-hydrogen) atoms. The highest BCUT2D eigenvalue weighted by atomic mass is 16.5. The predicted molar refractivity (Wildman–Crippen MR) is 78.4 cm³/mol. The molecule has 4 rings (SSSR count). The van der Waals surface area contributed by atoms with Crippen molar-refractivity contribution in [3.8, 4) is 0 Å². The highest BCUT2D eigenvalue weighted by molar-refractivity contribution is 5.94.